The van der Waals surface area contributed by atoms with Crippen LogP contribution < -0.4 is 0 Å². The van der Waals surface area contributed by atoms with Crippen LogP contribution >= 0.6 is 0 Å². The van der Waals surface area contributed by atoms with Crippen LogP contribution in [0.4, 0.5) is 0 Å². The minimum absolute atomic E-state index is 0.608. The molecule has 0 saturated carbocycles. The zero-order valence-electron chi connectivity index (χ0n) is 9.34. The second kappa shape index (κ2) is 7.97. The van der Waals surface area contributed by atoms with Gasteiger partial charge in [-0.3, -0.25) is 0 Å². The van der Waals surface area contributed by atoms with Crippen molar-refractivity contribution >= 4 is 8.80 Å². The maximum atomic E-state index is 5.61. The van der Waals surface area contributed by atoms with Gasteiger partial charge in [-0.25, -0.2) is 0 Å². The summed E-state index contributed by atoms with van der Waals surface area (Å²) in [6.07, 6.45) is 1.81. The first-order valence-electron chi connectivity index (χ1n) is 5.00. The molecule has 0 spiro atoms. The number of hydrogen-bond donors (Lipinski definition) is 0. The molecule has 0 aromatic heterocycles. The Bertz CT molecular complexity index is 171. The van der Waals surface area contributed by atoms with Crippen molar-refractivity contribution in [3.63, 3.8) is 0 Å². The van der Waals surface area contributed by atoms with Crippen molar-refractivity contribution in [2.45, 2.75) is 26.8 Å². The van der Waals surface area contributed by atoms with E-state index in [4.69, 9.17) is 13.3 Å². The van der Waals surface area contributed by atoms with Gasteiger partial charge in [0.25, 0.3) is 0 Å². The van der Waals surface area contributed by atoms with E-state index in [-0.39, 0.29) is 0 Å². The van der Waals surface area contributed by atoms with Crippen LogP contribution in [0.3, 0.4) is 0 Å². The highest BCUT2D eigenvalue weighted by molar-refractivity contribution is 6.61. The van der Waals surface area contributed by atoms with Crippen LogP contribution in [-0.4, -0.2) is 28.6 Å². The van der Waals surface area contributed by atoms with Crippen LogP contribution in [0, 0.1) is 0 Å². The van der Waals surface area contributed by atoms with Crippen LogP contribution in [0.5, 0.6) is 0 Å². The van der Waals surface area contributed by atoms with E-state index in [9.17, 15) is 0 Å². The van der Waals surface area contributed by atoms with Gasteiger partial charge in [0.15, 0.2) is 0 Å². The average molecular weight is 216 g/mol. The third kappa shape index (κ3) is 4.74. The molecule has 0 radical (unpaired) electrons. The number of allylic oxidation sites excluding steroid dienone is 1. The van der Waals surface area contributed by atoms with E-state index in [2.05, 4.69) is 12.3 Å². The molecule has 0 aromatic carbocycles. The normalized spacial score (nSPS) is 11.1. The third-order valence-corrected chi connectivity index (χ3v) is 4.48. The Balaban J connectivity index is 4.44. The van der Waals surface area contributed by atoms with Gasteiger partial charge in [0, 0.05) is 25.9 Å². The van der Waals surface area contributed by atoms with Crippen molar-refractivity contribution in [2.75, 3.05) is 19.8 Å². The second-order valence-electron chi connectivity index (χ2n) is 2.59. The maximum absolute atomic E-state index is 5.61. The number of hydrogen-bond acceptors (Lipinski definition) is 3. The lowest BCUT2D eigenvalue weighted by Gasteiger charge is -2.27. The van der Waals surface area contributed by atoms with Crippen LogP contribution in [0.1, 0.15) is 20.8 Å². The van der Waals surface area contributed by atoms with E-state index in [1.807, 2.05) is 26.8 Å². The van der Waals surface area contributed by atoms with Gasteiger partial charge in [0.05, 0.1) is 0 Å². The van der Waals surface area contributed by atoms with Crippen molar-refractivity contribution in [3.05, 3.63) is 18.4 Å². The zero-order chi connectivity index (χ0) is 10.9. The van der Waals surface area contributed by atoms with E-state index in [1.165, 1.54) is 0 Å². The van der Waals surface area contributed by atoms with Crippen LogP contribution in [0.2, 0.25) is 6.04 Å². The van der Waals surface area contributed by atoms with Crippen molar-refractivity contribution in [2.24, 2.45) is 0 Å². The molecule has 82 valence electrons. The van der Waals surface area contributed by atoms with Gasteiger partial charge < -0.3 is 13.3 Å². The van der Waals surface area contributed by atoms with E-state index >= 15 is 0 Å². The molecule has 0 rings (SSSR count). The molecule has 0 saturated heterocycles. The smallest absolute Gasteiger partial charge is 0.374 e. The van der Waals surface area contributed by atoms with E-state index in [0.717, 1.165) is 0 Å². The second-order valence-corrected chi connectivity index (χ2v) is 5.23. The molecule has 0 aliphatic heterocycles. The summed E-state index contributed by atoms with van der Waals surface area (Å²) in [5.41, 5.74) is 2.72. The fourth-order valence-corrected chi connectivity index (χ4v) is 3.48. The average Bonchev–Trinajstić information content (AvgIpc) is 2.16. The highest BCUT2D eigenvalue weighted by Gasteiger charge is 2.38. The Morgan fingerprint density at radius 2 is 1.50 bits per heavy atom. The molecular weight excluding hydrogens is 196 g/mol. The van der Waals surface area contributed by atoms with Crippen molar-refractivity contribution in [1.82, 2.24) is 0 Å². The van der Waals surface area contributed by atoms with Crippen molar-refractivity contribution in [3.8, 4) is 0 Å². The van der Waals surface area contributed by atoms with E-state index in [0.29, 0.717) is 25.9 Å². The van der Waals surface area contributed by atoms with Crippen molar-refractivity contribution in [1.29, 1.82) is 0 Å². The van der Waals surface area contributed by atoms with Crippen molar-refractivity contribution < 1.29 is 13.3 Å². The molecule has 0 N–H and O–H groups in total. The molecule has 0 heterocycles. The van der Waals surface area contributed by atoms with Gasteiger partial charge >= 0.3 is 8.80 Å². The molecule has 14 heavy (non-hydrogen) atoms. The zero-order valence-corrected chi connectivity index (χ0v) is 10.3. The van der Waals surface area contributed by atoms with Gasteiger partial charge in [-0.15, -0.1) is 5.73 Å². The predicted octanol–water partition coefficient (Wildman–Crippen LogP) is 2.38. The SMILES string of the molecule is C=C=CC[Si](OCC)(OCC)OCC. The van der Waals surface area contributed by atoms with Gasteiger partial charge in [-0.1, -0.05) is 6.58 Å². The largest absolute Gasteiger partial charge is 0.505 e. The summed E-state index contributed by atoms with van der Waals surface area (Å²) >= 11 is 0. The first-order chi connectivity index (χ1) is 6.74. The predicted molar refractivity (Wildman–Crippen MR) is 59.1 cm³/mol. The Labute approximate surface area is 87.7 Å². The maximum Gasteiger partial charge on any atom is 0.505 e. The molecule has 0 aliphatic carbocycles. The first-order valence-corrected chi connectivity index (χ1v) is 6.94. The molecule has 3 nitrogen and oxygen atoms in total. The topological polar surface area (TPSA) is 27.7 Å². The molecule has 0 aromatic rings. The molecule has 0 unspecified atom stereocenters. The minimum atomic E-state index is -2.47. The van der Waals surface area contributed by atoms with Gasteiger partial charge in [-0.2, -0.15) is 0 Å². The summed E-state index contributed by atoms with van der Waals surface area (Å²) in [6, 6.07) is 0.645. The van der Waals surface area contributed by atoms with Gasteiger partial charge in [-0.05, 0) is 26.8 Å². The monoisotopic (exact) mass is 216 g/mol. The lowest BCUT2D eigenvalue weighted by atomic mass is 10.7. The van der Waals surface area contributed by atoms with Crippen LogP contribution in [-0.2, 0) is 13.3 Å². The van der Waals surface area contributed by atoms with Gasteiger partial charge in [0.2, 0.25) is 0 Å². The van der Waals surface area contributed by atoms with E-state index < -0.39 is 8.80 Å². The molecule has 0 amide bonds. The highest BCUT2D eigenvalue weighted by Crippen LogP contribution is 2.16. The summed E-state index contributed by atoms with van der Waals surface area (Å²) < 4.78 is 16.8. The van der Waals surface area contributed by atoms with Crippen LogP contribution in [0.15, 0.2) is 18.4 Å². The quantitative estimate of drug-likeness (QED) is 0.460. The third-order valence-electron chi connectivity index (χ3n) is 1.59. The summed E-state index contributed by atoms with van der Waals surface area (Å²) in [5, 5.41) is 0. The van der Waals surface area contributed by atoms with E-state index in [1.54, 1.807) is 0 Å². The fraction of sp³-hybridized carbons (Fsp3) is 0.700. The fourth-order valence-electron chi connectivity index (χ4n) is 1.16. The number of rotatable bonds is 8. The standard InChI is InChI=1S/C10H20O3Si/c1-5-9-10-14(11-6-2,12-7-3)13-8-4/h9H,1,6-8,10H2,2-4H3. The Hall–Kier alpha value is -0.383. The summed E-state index contributed by atoms with van der Waals surface area (Å²) in [5.74, 6) is 0. The lowest BCUT2D eigenvalue weighted by Crippen LogP contribution is -2.45. The summed E-state index contributed by atoms with van der Waals surface area (Å²) in [4.78, 5) is 0. The minimum Gasteiger partial charge on any atom is -0.374 e. The summed E-state index contributed by atoms with van der Waals surface area (Å²) in [7, 11) is -2.47. The molecule has 0 aliphatic rings. The molecule has 0 atom stereocenters. The Morgan fingerprint density at radius 1 is 1.07 bits per heavy atom. The molecule has 0 fully saturated rings. The Morgan fingerprint density at radius 3 is 1.79 bits per heavy atom. The molecular formula is C10H20O3Si. The van der Waals surface area contributed by atoms with Crippen LogP contribution in [0.25, 0.3) is 0 Å². The summed E-state index contributed by atoms with van der Waals surface area (Å²) in [6.45, 7) is 11.2. The molecule has 4 heteroatoms. The lowest BCUT2D eigenvalue weighted by molar-refractivity contribution is 0.0743. The van der Waals surface area contributed by atoms with Gasteiger partial charge in [0.1, 0.15) is 0 Å². The Kier molecular flexibility index (Phi) is 7.75. The molecule has 0 bridgehead atoms. The highest BCUT2D eigenvalue weighted by atomic mass is 28.4. The first kappa shape index (κ1) is 13.6.